The van der Waals surface area contributed by atoms with Crippen molar-refractivity contribution in [1.82, 2.24) is 9.55 Å². The van der Waals surface area contributed by atoms with Gasteiger partial charge in [-0.1, -0.05) is 6.92 Å². The van der Waals surface area contributed by atoms with Gasteiger partial charge < -0.3 is 14.9 Å². The molecular weight excluding hydrogens is 259 g/mol. The monoisotopic (exact) mass is 274 g/mol. The zero-order valence-electron chi connectivity index (χ0n) is 10.3. The maximum absolute atomic E-state index is 14.1. The average Bonchev–Trinajstić information content (AvgIpc) is 2.63. The van der Waals surface area contributed by atoms with E-state index in [9.17, 15) is 19.1 Å². The Morgan fingerprint density at radius 2 is 2.32 bits per heavy atom. The Labute approximate surface area is 107 Å². The first-order valence-corrected chi connectivity index (χ1v) is 5.85. The summed E-state index contributed by atoms with van der Waals surface area (Å²) in [5.74, 6) is -2.41. The first-order valence-electron chi connectivity index (χ1n) is 5.85. The van der Waals surface area contributed by atoms with Crippen molar-refractivity contribution in [2.45, 2.75) is 37.4 Å². The van der Waals surface area contributed by atoms with E-state index in [4.69, 9.17) is 9.84 Å². The van der Waals surface area contributed by atoms with Crippen LogP contribution in [0.2, 0.25) is 0 Å². The number of alkyl halides is 1. The molecule has 106 valence electrons. The third-order valence-electron chi connectivity index (χ3n) is 3.30. The van der Waals surface area contributed by atoms with Crippen molar-refractivity contribution in [2.75, 3.05) is 6.61 Å². The molecule has 3 unspecified atom stereocenters. The van der Waals surface area contributed by atoms with Crippen LogP contribution >= 0.6 is 0 Å². The molecule has 0 amide bonds. The molecule has 3 N–H and O–H groups in total. The summed E-state index contributed by atoms with van der Waals surface area (Å²) in [4.78, 5) is 24.6. The van der Waals surface area contributed by atoms with Crippen LogP contribution in [0.1, 0.15) is 26.0 Å². The predicted molar refractivity (Wildman–Crippen MR) is 62.2 cm³/mol. The number of aromatic amines is 1. The van der Waals surface area contributed by atoms with Crippen molar-refractivity contribution < 1.29 is 19.3 Å². The number of H-pyrrole nitrogens is 1. The molecular formula is C11H15FN2O5. The Balaban J connectivity index is 2.48. The molecule has 0 saturated carbocycles. The fourth-order valence-corrected chi connectivity index (χ4v) is 2.22. The molecule has 1 aliphatic rings. The minimum Gasteiger partial charge on any atom is -0.390 e. The van der Waals surface area contributed by atoms with Gasteiger partial charge in [-0.2, -0.15) is 0 Å². The Bertz CT molecular complexity index is 585. The van der Waals surface area contributed by atoms with Gasteiger partial charge in [0.05, 0.1) is 0 Å². The van der Waals surface area contributed by atoms with Crippen LogP contribution < -0.4 is 11.2 Å². The molecule has 0 bridgehead atoms. The molecule has 1 fully saturated rings. The Hall–Kier alpha value is -1.51. The van der Waals surface area contributed by atoms with Gasteiger partial charge in [-0.25, -0.2) is 9.18 Å². The highest BCUT2D eigenvalue weighted by Crippen LogP contribution is 2.45. The summed E-state index contributed by atoms with van der Waals surface area (Å²) in [5, 5.41) is 19.3. The Morgan fingerprint density at radius 1 is 1.63 bits per heavy atom. The molecule has 2 rings (SSSR count). The third kappa shape index (κ3) is 2.34. The summed E-state index contributed by atoms with van der Waals surface area (Å²) in [6.07, 6.45) is -0.521. The molecule has 2 heterocycles. The highest BCUT2D eigenvalue weighted by Gasteiger charge is 2.56. The molecule has 1 aromatic rings. The number of aromatic nitrogens is 2. The van der Waals surface area contributed by atoms with E-state index in [1.807, 2.05) is 4.98 Å². The first-order chi connectivity index (χ1) is 8.83. The second-order valence-corrected chi connectivity index (χ2v) is 4.66. The number of nitrogens with one attached hydrogen (secondary N) is 1. The van der Waals surface area contributed by atoms with Crippen LogP contribution in [0.25, 0.3) is 0 Å². The van der Waals surface area contributed by atoms with Gasteiger partial charge in [0.2, 0.25) is 5.85 Å². The second kappa shape index (κ2) is 4.55. The number of hydrogen-bond donors (Lipinski definition) is 3. The van der Waals surface area contributed by atoms with Gasteiger partial charge in [0, 0.05) is 18.7 Å². The molecule has 1 aliphatic heterocycles. The van der Waals surface area contributed by atoms with Gasteiger partial charge in [-0.05, 0) is 6.42 Å². The van der Waals surface area contributed by atoms with E-state index >= 15 is 0 Å². The van der Waals surface area contributed by atoms with Crippen molar-refractivity contribution in [3.05, 3.63) is 33.1 Å². The average molecular weight is 274 g/mol. The Kier molecular flexibility index (Phi) is 3.33. The second-order valence-electron chi connectivity index (χ2n) is 4.66. The molecule has 0 aromatic carbocycles. The number of hydrogen-bond acceptors (Lipinski definition) is 5. The summed E-state index contributed by atoms with van der Waals surface area (Å²) in [6.45, 7) is 0.681. The Morgan fingerprint density at radius 3 is 2.84 bits per heavy atom. The summed E-state index contributed by atoms with van der Waals surface area (Å²) in [6, 6.07) is 1.07. The van der Waals surface area contributed by atoms with E-state index in [2.05, 4.69) is 0 Å². The van der Waals surface area contributed by atoms with Gasteiger partial charge in [0.1, 0.15) is 12.2 Å². The first kappa shape index (κ1) is 13.9. The number of ether oxygens (including phenoxy) is 1. The van der Waals surface area contributed by atoms with Crippen LogP contribution in [0.5, 0.6) is 0 Å². The lowest BCUT2D eigenvalue weighted by molar-refractivity contribution is -0.187. The molecule has 1 aromatic heterocycles. The largest absolute Gasteiger partial charge is 0.390 e. The summed E-state index contributed by atoms with van der Waals surface area (Å²) in [5.41, 5.74) is -3.06. The molecule has 0 aliphatic carbocycles. The van der Waals surface area contributed by atoms with Crippen molar-refractivity contribution in [2.24, 2.45) is 0 Å². The molecule has 1 saturated heterocycles. The van der Waals surface area contributed by atoms with Gasteiger partial charge in [0.15, 0.2) is 6.23 Å². The maximum Gasteiger partial charge on any atom is 0.330 e. The van der Waals surface area contributed by atoms with Crippen molar-refractivity contribution in [3.8, 4) is 0 Å². The van der Waals surface area contributed by atoms with Crippen LogP contribution in [0.3, 0.4) is 0 Å². The van der Waals surface area contributed by atoms with E-state index in [1.54, 1.807) is 6.92 Å². The molecule has 19 heavy (non-hydrogen) atoms. The fraction of sp³-hybridized carbons (Fsp3) is 0.636. The van der Waals surface area contributed by atoms with Gasteiger partial charge in [0.25, 0.3) is 5.56 Å². The van der Waals surface area contributed by atoms with Gasteiger partial charge >= 0.3 is 5.69 Å². The lowest BCUT2D eigenvalue weighted by Gasteiger charge is -2.27. The van der Waals surface area contributed by atoms with E-state index < -0.39 is 42.0 Å². The zero-order valence-corrected chi connectivity index (χ0v) is 10.3. The highest BCUT2D eigenvalue weighted by molar-refractivity contribution is 4.99. The molecule has 3 atom stereocenters. The van der Waals surface area contributed by atoms with Crippen LogP contribution in [0, 0.1) is 0 Å². The van der Waals surface area contributed by atoms with E-state index in [0.29, 0.717) is 0 Å². The maximum atomic E-state index is 14.1. The minimum absolute atomic E-state index is 0.120. The lowest BCUT2D eigenvalue weighted by atomic mass is 9.93. The third-order valence-corrected chi connectivity index (χ3v) is 3.30. The van der Waals surface area contributed by atoms with Crippen LogP contribution in [-0.2, 0) is 4.74 Å². The van der Waals surface area contributed by atoms with Gasteiger partial charge in [-0.3, -0.25) is 14.3 Å². The molecule has 8 heteroatoms. The number of halogens is 1. The van der Waals surface area contributed by atoms with Crippen molar-refractivity contribution in [3.63, 3.8) is 0 Å². The predicted octanol–water partition coefficient (Wildman–Crippen LogP) is -0.745. The minimum atomic E-state index is -2.41. The number of rotatable bonds is 3. The molecule has 0 radical (unpaired) electrons. The standard InChI is InChI=1S/C11H15FN2O5/c1-2-10(18)5-11(12,6-15)19-8(10)14-4-3-7(16)13-9(14)17/h3-4,8,15,18H,2,5-6H2,1H3,(H,13,16,17). The van der Waals surface area contributed by atoms with Crippen LogP contribution in [-0.4, -0.2) is 37.8 Å². The number of nitrogens with zero attached hydrogens (tertiary/aromatic N) is 1. The summed E-state index contributed by atoms with van der Waals surface area (Å²) >= 11 is 0. The number of aliphatic hydroxyl groups is 2. The van der Waals surface area contributed by atoms with Crippen molar-refractivity contribution in [1.29, 1.82) is 0 Å². The quantitative estimate of drug-likeness (QED) is 0.673. The van der Waals surface area contributed by atoms with E-state index in [1.165, 1.54) is 0 Å². The summed E-state index contributed by atoms with van der Waals surface area (Å²) < 4.78 is 19.9. The molecule has 7 nitrogen and oxygen atoms in total. The van der Waals surface area contributed by atoms with Crippen molar-refractivity contribution >= 4 is 0 Å². The highest BCUT2D eigenvalue weighted by atomic mass is 19.2. The normalized spacial score (nSPS) is 34.6. The van der Waals surface area contributed by atoms with E-state index in [-0.39, 0.29) is 6.42 Å². The number of aliphatic hydroxyl groups excluding tert-OH is 1. The topological polar surface area (TPSA) is 105 Å². The smallest absolute Gasteiger partial charge is 0.330 e. The summed E-state index contributed by atoms with van der Waals surface area (Å²) in [7, 11) is 0. The SMILES string of the molecule is CCC1(O)CC(F)(CO)OC1n1ccc(=O)[nH]c1=O. The van der Waals surface area contributed by atoms with Crippen LogP contribution in [0.15, 0.2) is 21.9 Å². The fourth-order valence-electron chi connectivity index (χ4n) is 2.22. The lowest BCUT2D eigenvalue weighted by Crippen LogP contribution is -2.41. The van der Waals surface area contributed by atoms with Crippen LogP contribution in [0.4, 0.5) is 4.39 Å². The molecule has 0 spiro atoms. The zero-order chi connectivity index (χ0) is 14.3. The van der Waals surface area contributed by atoms with Gasteiger partial charge in [-0.15, -0.1) is 0 Å². The van der Waals surface area contributed by atoms with E-state index in [0.717, 1.165) is 16.8 Å².